The van der Waals surface area contributed by atoms with Gasteiger partial charge in [-0.15, -0.1) is 0 Å². The van der Waals surface area contributed by atoms with Gasteiger partial charge in [0.25, 0.3) is 0 Å². The summed E-state index contributed by atoms with van der Waals surface area (Å²) in [6.45, 7) is 5.48. The van der Waals surface area contributed by atoms with E-state index in [0.717, 1.165) is 55.6 Å². The van der Waals surface area contributed by atoms with Gasteiger partial charge in [0.1, 0.15) is 5.82 Å². The van der Waals surface area contributed by atoms with Crippen LogP contribution < -0.4 is 5.32 Å². The van der Waals surface area contributed by atoms with Gasteiger partial charge in [0, 0.05) is 32.1 Å². The lowest BCUT2D eigenvalue weighted by molar-refractivity contribution is -0.135. The molecule has 7 heteroatoms. The average Bonchev–Trinajstić information content (AvgIpc) is 3.35. The number of fused-ring (bicyclic) bond motifs is 1. The molecule has 3 amide bonds. The predicted molar refractivity (Wildman–Crippen MR) is 103 cm³/mol. The third kappa shape index (κ3) is 3.91. The van der Waals surface area contributed by atoms with Crippen molar-refractivity contribution in [2.75, 3.05) is 26.2 Å². The minimum Gasteiger partial charge on any atom is -0.342 e. The van der Waals surface area contributed by atoms with Gasteiger partial charge < -0.3 is 20.1 Å². The van der Waals surface area contributed by atoms with Gasteiger partial charge >= 0.3 is 6.03 Å². The fourth-order valence-electron chi connectivity index (χ4n) is 4.06. The van der Waals surface area contributed by atoms with Crippen molar-refractivity contribution >= 4 is 23.0 Å². The fourth-order valence-corrected chi connectivity index (χ4v) is 4.06. The number of aryl methyl sites for hydroxylation is 1. The Balaban J connectivity index is 1.27. The second kappa shape index (κ2) is 7.58. The van der Waals surface area contributed by atoms with Gasteiger partial charge in [-0.1, -0.05) is 6.07 Å². The maximum atomic E-state index is 12.5. The summed E-state index contributed by atoms with van der Waals surface area (Å²) in [5, 5.41) is 2.94. The largest absolute Gasteiger partial charge is 0.342 e. The number of imidazole rings is 1. The van der Waals surface area contributed by atoms with Crippen LogP contribution in [0.2, 0.25) is 0 Å². The number of nitrogens with zero attached hydrogens (tertiary/aromatic N) is 3. The van der Waals surface area contributed by atoms with Crippen molar-refractivity contribution in [2.24, 2.45) is 5.92 Å². The number of hydrogen-bond acceptors (Lipinski definition) is 3. The van der Waals surface area contributed by atoms with E-state index in [4.69, 9.17) is 0 Å². The smallest absolute Gasteiger partial charge is 0.317 e. The van der Waals surface area contributed by atoms with E-state index >= 15 is 0 Å². The molecule has 0 saturated carbocycles. The topological polar surface area (TPSA) is 81.3 Å². The highest BCUT2D eigenvalue weighted by atomic mass is 16.2. The lowest BCUT2D eigenvalue weighted by atomic mass is 9.95. The van der Waals surface area contributed by atoms with E-state index in [-0.39, 0.29) is 17.9 Å². The first-order chi connectivity index (χ1) is 13.1. The molecule has 4 rings (SSSR count). The second-order valence-electron chi connectivity index (χ2n) is 7.66. The maximum absolute atomic E-state index is 12.5. The Morgan fingerprint density at radius 3 is 2.63 bits per heavy atom. The minimum absolute atomic E-state index is 0.0748. The molecular formula is C20H27N5O2. The third-order valence-electron chi connectivity index (χ3n) is 5.64. The molecule has 0 aliphatic carbocycles. The number of hydrogen-bond donors (Lipinski definition) is 2. The summed E-state index contributed by atoms with van der Waals surface area (Å²) in [6, 6.07) is 5.97. The van der Waals surface area contributed by atoms with E-state index < -0.39 is 0 Å². The van der Waals surface area contributed by atoms with Crippen LogP contribution in [0.1, 0.15) is 37.1 Å². The van der Waals surface area contributed by atoms with E-state index in [0.29, 0.717) is 19.6 Å². The molecule has 2 aliphatic rings. The number of nitrogens with one attached hydrogen (secondary N) is 2. The Hall–Kier alpha value is -2.57. The molecule has 0 unspecified atom stereocenters. The molecule has 1 aromatic carbocycles. The van der Waals surface area contributed by atoms with E-state index in [1.54, 1.807) is 4.90 Å². The van der Waals surface area contributed by atoms with Crippen LogP contribution in [-0.4, -0.2) is 57.9 Å². The lowest BCUT2D eigenvalue weighted by Gasteiger charge is -2.33. The first-order valence-electron chi connectivity index (χ1n) is 9.87. The first-order valence-corrected chi connectivity index (χ1v) is 9.87. The van der Waals surface area contributed by atoms with E-state index in [2.05, 4.69) is 21.4 Å². The second-order valence-corrected chi connectivity index (χ2v) is 7.66. The molecule has 0 spiro atoms. The molecule has 0 atom stereocenters. The van der Waals surface area contributed by atoms with Gasteiger partial charge in [0.2, 0.25) is 5.91 Å². The van der Waals surface area contributed by atoms with Crippen LogP contribution in [0.15, 0.2) is 18.2 Å². The standard InChI is InChI=1S/C20H27N5O2/c1-14-4-5-16-17(12-14)23-18(22-16)13-21-20(27)25-10-6-15(7-11-25)19(26)24-8-2-3-9-24/h4-5,12,15H,2-3,6-11,13H2,1H3,(H,21,27)(H,22,23). The van der Waals surface area contributed by atoms with Gasteiger partial charge in [-0.25, -0.2) is 9.78 Å². The van der Waals surface area contributed by atoms with Crippen molar-refractivity contribution in [3.8, 4) is 0 Å². The number of carbonyl (C=O) groups excluding carboxylic acids is 2. The van der Waals surface area contributed by atoms with Crippen LogP contribution >= 0.6 is 0 Å². The van der Waals surface area contributed by atoms with Crippen molar-refractivity contribution in [3.63, 3.8) is 0 Å². The highest BCUT2D eigenvalue weighted by Crippen LogP contribution is 2.22. The highest BCUT2D eigenvalue weighted by Gasteiger charge is 2.31. The Morgan fingerprint density at radius 1 is 1.15 bits per heavy atom. The van der Waals surface area contributed by atoms with Gasteiger partial charge in [-0.3, -0.25) is 4.79 Å². The van der Waals surface area contributed by atoms with Crippen LogP contribution in [0.5, 0.6) is 0 Å². The number of H-pyrrole nitrogens is 1. The van der Waals surface area contributed by atoms with Crippen molar-refractivity contribution in [1.29, 1.82) is 0 Å². The van der Waals surface area contributed by atoms with Crippen LogP contribution in [-0.2, 0) is 11.3 Å². The molecule has 2 N–H and O–H groups in total. The summed E-state index contributed by atoms with van der Waals surface area (Å²) in [5.74, 6) is 1.11. The molecule has 2 aliphatic heterocycles. The Labute approximate surface area is 159 Å². The molecule has 144 valence electrons. The summed E-state index contributed by atoms with van der Waals surface area (Å²) < 4.78 is 0. The third-order valence-corrected chi connectivity index (χ3v) is 5.64. The van der Waals surface area contributed by atoms with E-state index in [9.17, 15) is 9.59 Å². The highest BCUT2D eigenvalue weighted by molar-refractivity contribution is 5.80. The quantitative estimate of drug-likeness (QED) is 0.872. The minimum atomic E-state index is -0.0845. The Kier molecular flexibility index (Phi) is 5.01. The molecule has 7 nitrogen and oxygen atoms in total. The zero-order valence-electron chi connectivity index (χ0n) is 15.8. The number of aromatic amines is 1. The molecule has 2 saturated heterocycles. The number of rotatable bonds is 3. The molecular weight excluding hydrogens is 342 g/mol. The number of piperidine rings is 1. The van der Waals surface area contributed by atoms with Crippen LogP contribution in [0.3, 0.4) is 0 Å². The van der Waals surface area contributed by atoms with Crippen LogP contribution in [0.4, 0.5) is 4.79 Å². The summed E-state index contributed by atoms with van der Waals surface area (Å²) >= 11 is 0. The van der Waals surface area contributed by atoms with Crippen LogP contribution in [0.25, 0.3) is 11.0 Å². The number of benzene rings is 1. The first kappa shape index (κ1) is 17.8. The lowest BCUT2D eigenvalue weighted by Crippen LogP contribution is -2.47. The van der Waals surface area contributed by atoms with Crippen LogP contribution in [0, 0.1) is 12.8 Å². The summed E-state index contributed by atoms with van der Waals surface area (Å²) in [7, 11) is 0. The predicted octanol–water partition coefficient (Wildman–Crippen LogP) is 2.42. The van der Waals surface area contributed by atoms with Gasteiger partial charge in [-0.05, 0) is 50.3 Å². The monoisotopic (exact) mass is 369 g/mol. The number of amides is 3. The van der Waals surface area contributed by atoms with E-state index in [1.165, 1.54) is 5.56 Å². The molecule has 3 heterocycles. The molecule has 0 bridgehead atoms. The SMILES string of the molecule is Cc1ccc2nc(CNC(=O)N3CCC(C(=O)N4CCCC4)CC3)[nH]c2c1. The Bertz CT molecular complexity index is 832. The number of aromatic nitrogens is 2. The normalized spacial score (nSPS) is 18.3. The number of likely N-dealkylation sites (tertiary alicyclic amines) is 2. The van der Waals surface area contributed by atoms with Gasteiger partial charge in [0.05, 0.1) is 17.6 Å². The van der Waals surface area contributed by atoms with Gasteiger partial charge in [0.15, 0.2) is 0 Å². The summed E-state index contributed by atoms with van der Waals surface area (Å²) in [5.41, 5.74) is 3.07. The average molecular weight is 369 g/mol. The molecule has 0 radical (unpaired) electrons. The zero-order chi connectivity index (χ0) is 18.8. The number of carbonyl (C=O) groups is 2. The van der Waals surface area contributed by atoms with E-state index in [1.807, 2.05) is 24.0 Å². The van der Waals surface area contributed by atoms with Gasteiger partial charge in [-0.2, -0.15) is 0 Å². The summed E-state index contributed by atoms with van der Waals surface area (Å²) in [6.07, 6.45) is 3.75. The zero-order valence-corrected chi connectivity index (χ0v) is 15.8. The fraction of sp³-hybridized carbons (Fsp3) is 0.550. The molecule has 2 fully saturated rings. The Morgan fingerprint density at radius 2 is 1.89 bits per heavy atom. The van der Waals surface area contributed by atoms with Crippen molar-refractivity contribution in [2.45, 2.75) is 39.2 Å². The summed E-state index contributed by atoms with van der Waals surface area (Å²) in [4.78, 5) is 36.5. The number of urea groups is 1. The molecule has 27 heavy (non-hydrogen) atoms. The molecule has 2 aromatic rings. The maximum Gasteiger partial charge on any atom is 0.317 e. The van der Waals surface area contributed by atoms with Crippen molar-refractivity contribution in [1.82, 2.24) is 25.1 Å². The van der Waals surface area contributed by atoms with Crippen molar-refractivity contribution in [3.05, 3.63) is 29.6 Å². The molecule has 1 aromatic heterocycles. The van der Waals surface area contributed by atoms with Crippen molar-refractivity contribution < 1.29 is 9.59 Å².